The zero-order valence-corrected chi connectivity index (χ0v) is 18.8. The molecule has 0 atom stereocenters. The van der Waals surface area contributed by atoms with Crippen molar-refractivity contribution in [3.8, 4) is 11.5 Å². The zero-order chi connectivity index (χ0) is 23.0. The number of nitrogens with one attached hydrogen (secondary N) is 1. The number of ether oxygens (including phenoxy) is 1. The summed E-state index contributed by atoms with van der Waals surface area (Å²) in [5.74, 6) is 1.48. The molecule has 2 aromatic carbocycles. The van der Waals surface area contributed by atoms with Crippen molar-refractivity contribution in [1.82, 2.24) is 5.32 Å². The van der Waals surface area contributed by atoms with Crippen LogP contribution in [0.15, 0.2) is 77.4 Å². The average molecular weight is 435 g/mol. The van der Waals surface area contributed by atoms with Gasteiger partial charge in [0.15, 0.2) is 5.76 Å². The van der Waals surface area contributed by atoms with Gasteiger partial charge in [-0.05, 0) is 60.4 Å². The van der Waals surface area contributed by atoms with Crippen LogP contribution in [0.2, 0.25) is 0 Å². The zero-order valence-electron chi connectivity index (χ0n) is 18.8. The van der Waals surface area contributed by atoms with E-state index in [4.69, 9.17) is 9.15 Å². The van der Waals surface area contributed by atoms with Crippen molar-refractivity contribution >= 4 is 17.5 Å². The third kappa shape index (κ3) is 7.01. The van der Waals surface area contributed by atoms with Crippen LogP contribution in [0.4, 0.5) is 5.69 Å². The minimum atomic E-state index is -0.229. The molecule has 1 aromatic heterocycles. The van der Waals surface area contributed by atoms with Gasteiger partial charge in [-0.3, -0.25) is 9.59 Å². The first-order valence-electron chi connectivity index (χ1n) is 10.8. The standard InChI is InChI=1S/C26H30N2O4/c1-26(2,3)19-24(29)27-16-8-17-28(25(30)23-11-7-18-31-23)20-12-14-22(15-13-20)32-21-9-5-4-6-10-21/h4-7,9-15,18H,8,16-17,19H2,1-3H3,(H,27,29). The third-order valence-electron chi connectivity index (χ3n) is 4.68. The largest absolute Gasteiger partial charge is 0.459 e. The quantitative estimate of drug-likeness (QED) is 0.441. The van der Waals surface area contributed by atoms with Crippen molar-refractivity contribution in [1.29, 1.82) is 0 Å². The van der Waals surface area contributed by atoms with E-state index in [1.807, 2.05) is 75.4 Å². The number of rotatable bonds is 9. The topological polar surface area (TPSA) is 71.8 Å². The summed E-state index contributed by atoms with van der Waals surface area (Å²) in [6, 6.07) is 20.2. The van der Waals surface area contributed by atoms with Gasteiger partial charge in [-0.2, -0.15) is 0 Å². The predicted octanol–water partition coefficient (Wildman–Crippen LogP) is 5.66. The number of hydrogen-bond donors (Lipinski definition) is 1. The SMILES string of the molecule is CC(C)(C)CC(=O)NCCCN(C(=O)c1ccco1)c1ccc(Oc2ccccc2)cc1. The van der Waals surface area contributed by atoms with Crippen LogP contribution < -0.4 is 15.0 Å². The van der Waals surface area contributed by atoms with Crippen LogP contribution in [-0.4, -0.2) is 24.9 Å². The van der Waals surface area contributed by atoms with Gasteiger partial charge in [-0.15, -0.1) is 0 Å². The molecule has 168 valence electrons. The summed E-state index contributed by atoms with van der Waals surface area (Å²) in [5.41, 5.74) is 0.669. The summed E-state index contributed by atoms with van der Waals surface area (Å²) in [5, 5.41) is 2.94. The van der Waals surface area contributed by atoms with E-state index >= 15 is 0 Å². The van der Waals surface area contributed by atoms with Crippen LogP contribution in [0, 0.1) is 5.41 Å². The Labute approximate surface area is 189 Å². The first kappa shape index (κ1) is 23.1. The molecule has 0 unspecified atom stereocenters. The maximum atomic E-state index is 13.0. The number of hydrogen-bond acceptors (Lipinski definition) is 4. The van der Waals surface area contributed by atoms with Crippen molar-refractivity contribution in [2.45, 2.75) is 33.6 Å². The lowest BCUT2D eigenvalue weighted by molar-refractivity contribution is -0.122. The van der Waals surface area contributed by atoms with Gasteiger partial charge in [0.05, 0.1) is 6.26 Å². The molecule has 0 saturated heterocycles. The van der Waals surface area contributed by atoms with E-state index < -0.39 is 0 Å². The Hall–Kier alpha value is -3.54. The van der Waals surface area contributed by atoms with Gasteiger partial charge in [-0.25, -0.2) is 0 Å². The second-order valence-electron chi connectivity index (χ2n) is 8.78. The van der Waals surface area contributed by atoms with E-state index in [9.17, 15) is 9.59 Å². The predicted molar refractivity (Wildman–Crippen MR) is 125 cm³/mol. The van der Waals surface area contributed by atoms with Gasteiger partial charge in [0.2, 0.25) is 5.91 Å². The van der Waals surface area contributed by atoms with Gasteiger partial charge < -0.3 is 19.4 Å². The second-order valence-corrected chi connectivity index (χ2v) is 8.78. The average Bonchev–Trinajstić information content (AvgIpc) is 3.29. The lowest BCUT2D eigenvalue weighted by Gasteiger charge is -2.23. The van der Waals surface area contributed by atoms with Gasteiger partial charge in [0, 0.05) is 25.2 Å². The maximum Gasteiger partial charge on any atom is 0.293 e. The minimum Gasteiger partial charge on any atom is -0.459 e. The molecule has 0 aliphatic heterocycles. The molecule has 0 aliphatic carbocycles. The molecule has 1 N–H and O–H groups in total. The van der Waals surface area contributed by atoms with Crippen molar-refractivity contribution in [2.75, 3.05) is 18.0 Å². The Morgan fingerprint density at radius 2 is 1.62 bits per heavy atom. The first-order valence-corrected chi connectivity index (χ1v) is 10.8. The highest BCUT2D eigenvalue weighted by Gasteiger charge is 2.20. The van der Waals surface area contributed by atoms with Crippen molar-refractivity contribution in [3.63, 3.8) is 0 Å². The fourth-order valence-electron chi connectivity index (χ4n) is 3.21. The Bertz CT molecular complexity index is 991. The maximum absolute atomic E-state index is 13.0. The Morgan fingerprint density at radius 1 is 0.938 bits per heavy atom. The molecule has 6 nitrogen and oxygen atoms in total. The molecule has 0 fully saturated rings. The van der Waals surface area contributed by atoms with Crippen molar-refractivity contribution < 1.29 is 18.7 Å². The molecule has 3 rings (SSSR count). The van der Waals surface area contributed by atoms with Crippen molar-refractivity contribution in [3.05, 3.63) is 78.8 Å². The van der Waals surface area contributed by atoms with Crippen LogP contribution >= 0.6 is 0 Å². The van der Waals surface area contributed by atoms with Gasteiger partial charge in [0.1, 0.15) is 11.5 Å². The number of anilines is 1. The monoisotopic (exact) mass is 434 g/mol. The van der Waals surface area contributed by atoms with E-state index in [1.54, 1.807) is 17.0 Å². The molecule has 0 spiro atoms. The molecule has 6 heteroatoms. The van der Waals surface area contributed by atoms with E-state index in [2.05, 4.69) is 5.32 Å². The summed E-state index contributed by atoms with van der Waals surface area (Å²) in [6.07, 6.45) is 2.56. The molecule has 1 heterocycles. The summed E-state index contributed by atoms with van der Waals surface area (Å²) >= 11 is 0. The molecule has 3 aromatic rings. The number of para-hydroxylation sites is 1. The molecule has 0 bridgehead atoms. The minimum absolute atomic E-state index is 0.0174. The number of nitrogens with zero attached hydrogens (tertiary/aromatic N) is 1. The van der Waals surface area contributed by atoms with Crippen molar-refractivity contribution in [2.24, 2.45) is 5.41 Å². The Kier molecular flexibility index (Phi) is 7.71. The number of benzene rings is 2. The van der Waals surface area contributed by atoms with E-state index in [-0.39, 0.29) is 23.0 Å². The second kappa shape index (κ2) is 10.7. The van der Waals surface area contributed by atoms with E-state index in [0.29, 0.717) is 31.7 Å². The molecular weight excluding hydrogens is 404 g/mol. The lowest BCUT2D eigenvalue weighted by Crippen LogP contribution is -2.35. The number of furan rings is 1. The summed E-state index contributed by atoms with van der Waals surface area (Å²) in [6.45, 7) is 7.02. The van der Waals surface area contributed by atoms with Gasteiger partial charge >= 0.3 is 0 Å². The molecule has 2 amide bonds. The third-order valence-corrected chi connectivity index (χ3v) is 4.68. The molecule has 0 saturated carbocycles. The van der Waals surface area contributed by atoms with Crippen LogP contribution in [0.5, 0.6) is 11.5 Å². The number of amides is 2. The summed E-state index contributed by atoms with van der Waals surface area (Å²) in [4.78, 5) is 26.7. The highest BCUT2D eigenvalue weighted by Crippen LogP contribution is 2.25. The smallest absolute Gasteiger partial charge is 0.293 e. The molecule has 0 aliphatic rings. The van der Waals surface area contributed by atoms with E-state index in [1.165, 1.54) is 6.26 Å². The van der Waals surface area contributed by atoms with Gasteiger partial charge in [-0.1, -0.05) is 39.0 Å². The molecular formula is C26H30N2O4. The van der Waals surface area contributed by atoms with Gasteiger partial charge in [0.25, 0.3) is 5.91 Å². The molecule has 0 radical (unpaired) electrons. The highest BCUT2D eigenvalue weighted by atomic mass is 16.5. The first-order chi connectivity index (χ1) is 15.3. The van der Waals surface area contributed by atoms with Crippen LogP contribution in [0.3, 0.4) is 0 Å². The number of carbonyl (C=O) groups is 2. The number of carbonyl (C=O) groups excluding carboxylic acids is 2. The highest BCUT2D eigenvalue weighted by molar-refractivity contribution is 6.04. The van der Waals surface area contributed by atoms with Crippen LogP contribution in [0.1, 0.15) is 44.2 Å². The fraction of sp³-hybridized carbons (Fsp3) is 0.308. The normalized spacial score (nSPS) is 11.1. The Morgan fingerprint density at radius 3 is 2.25 bits per heavy atom. The van der Waals surface area contributed by atoms with E-state index in [0.717, 1.165) is 11.4 Å². The Balaban J connectivity index is 1.65. The fourth-order valence-corrected chi connectivity index (χ4v) is 3.21. The lowest BCUT2D eigenvalue weighted by atomic mass is 9.92. The van der Waals surface area contributed by atoms with Crippen LogP contribution in [-0.2, 0) is 4.79 Å². The van der Waals surface area contributed by atoms with Crippen LogP contribution in [0.25, 0.3) is 0 Å². The summed E-state index contributed by atoms with van der Waals surface area (Å²) in [7, 11) is 0. The molecule has 32 heavy (non-hydrogen) atoms. The summed E-state index contributed by atoms with van der Waals surface area (Å²) < 4.78 is 11.2.